The largest absolute Gasteiger partial charge is 0.369 e. The van der Waals surface area contributed by atoms with E-state index in [2.05, 4.69) is 0 Å². The summed E-state index contributed by atoms with van der Waals surface area (Å²) in [6, 6.07) is 5.17. The molecular weight excluding hydrogens is 359 g/mol. The molecule has 0 bridgehead atoms. The summed E-state index contributed by atoms with van der Waals surface area (Å²) in [5.74, 6) is -0.370. The zero-order chi connectivity index (χ0) is 19.1. The summed E-state index contributed by atoms with van der Waals surface area (Å²) in [6.45, 7) is 4.66. The normalized spacial score (nSPS) is 25.6. The number of piperidine rings is 1. The number of likely N-dealkylation sites (tertiary alicyclic amines) is 1. The van der Waals surface area contributed by atoms with Gasteiger partial charge in [0.1, 0.15) is 5.82 Å². The van der Waals surface area contributed by atoms with Crippen molar-refractivity contribution in [3.05, 3.63) is 30.1 Å². The highest BCUT2D eigenvalue weighted by atomic mass is 32.2. The van der Waals surface area contributed by atoms with E-state index in [0.29, 0.717) is 25.9 Å². The van der Waals surface area contributed by atoms with Gasteiger partial charge in [-0.05, 0) is 50.8 Å². The number of carbonyl (C=O) groups is 1. The Hall–Kier alpha value is -1.51. The standard InChI is InChI=1S/C18H25FN2O4S/c1-12(2)21-16(17(25-3)18(21)22)13-7-9-20(10-8-13)26(23,24)15-6-4-5-14(19)11-15/h4-6,11-13,16-17H,7-10H2,1-3H3/t16-,17+/m0/s1. The highest BCUT2D eigenvalue weighted by Crippen LogP contribution is 2.37. The van der Waals surface area contributed by atoms with Gasteiger partial charge in [0.05, 0.1) is 10.9 Å². The molecule has 0 aromatic heterocycles. The first kappa shape index (κ1) is 19.3. The molecule has 1 aromatic carbocycles. The topological polar surface area (TPSA) is 66.9 Å². The number of carbonyl (C=O) groups excluding carboxylic acids is 1. The van der Waals surface area contributed by atoms with Gasteiger partial charge in [0.2, 0.25) is 10.0 Å². The minimum Gasteiger partial charge on any atom is -0.369 e. The predicted octanol–water partition coefficient (Wildman–Crippen LogP) is 1.86. The molecule has 0 saturated carbocycles. The van der Waals surface area contributed by atoms with Gasteiger partial charge in [0.25, 0.3) is 5.91 Å². The summed E-state index contributed by atoms with van der Waals surface area (Å²) in [5, 5.41) is 0. The molecule has 2 saturated heterocycles. The second-order valence-electron chi connectivity index (χ2n) is 7.19. The molecular formula is C18H25FN2O4S. The molecule has 0 unspecified atom stereocenters. The highest BCUT2D eigenvalue weighted by molar-refractivity contribution is 7.89. The maximum atomic E-state index is 13.4. The molecule has 0 N–H and O–H groups in total. The van der Waals surface area contributed by atoms with Crippen molar-refractivity contribution in [2.24, 2.45) is 5.92 Å². The van der Waals surface area contributed by atoms with Crippen molar-refractivity contribution in [2.75, 3.05) is 20.2 Å². The SMILES string of the molecule is CO[C@H]1C(=O)N(C(C)C)[C@H]1C1CCN(S(=O)(=O)c2cccc(F)c2)CC1. The number of halogens is 1. The molecule has 0 spiro atoms. The number of amides is 1. The number of nitrogens with zero attached hydrogens (tertiary/aromatic N) is 2. The zero-order valence-electron chi connectivity index (χ0n) is 15.3. The van der Waals surface area contributed by atoms with Crippen molar-refractivity contribution in [3.8, 4) is 0 Å². The predicted molar refractivity (Wildman–Crippen MR) is 94.4 cm³/mol. The fourth-order valence-electron chi connectivity index (χ4n) is 4.05. The van der Waals surface area contributed by atoms with Crippen molar-refractivity contribution in [3.63, 3.8) is 0 Å². The first-order chi connectivity index (χ1) is 12.3. The van der Waals surface area contributed by atoms with Crippen molar-refractivity contribution in [1.82, 2.24) is 9.21 Å². The minimum atomic E-state index is -3.70. The van der Waals surface area contributed by atoms with Crippen LogP contribution in [0.2, 0.25) is 0 Å². The Bertz CT molecular complexity index is 775. The molecule has 0 aliphatic carbocycles. The second-order valence-corrected chi connectivity index (χ2v) is 9.12. The number of benzene rings is 1. The lowest BCUT2D eigenvalue weighted by Crippen LogP contribution is -2.70. The van der Waals surface area contributed by atoms with Gasteiger partial charge in [-0.2, -0.15) is 4.31 Å². The lowest BCUT2D eigenvalue weighted by Gasteiger charge is -2.53. The fourth-order valence-corrected chi connectivity index (χ4v) is 5.55. The number of β-lactam (4-membered cyclic amide) rings is 1. The third-order valence-electron chi connectivity index (χ3n) is 5.35. The first-order valence-corrected chi connectivity index (χ1v) is 10.3. The van der Waals surface area contributed by atoms with Crippen LogP contribution in [-0.4, -0.2) is 61.9 Å². The van der Waals surface area contributed by atoms with E-state index in [-0.39, 0.29) is 28.8 Å². The molecule has 6 nitrogen and oxygen atoms in total. The van der Waals surface area contributed by atoms with Crippen LogP contribution >= 0.6 is 0 Å². The Morgan fingerprint density at radius 1 is 1.23 bits per heavy atom. The summed E-state index contributed by atoms with van der Waals surface area (Å²) in [4.78, 5) is 14.0. The highest BCUT2D eigenvalue weighted by Gasteiger charge is 2.52. The number of hydrogen-bond acceptors (Lipinski definition) is 4. The van der Waals surface area contributed by atoms with Gasteiger partial charge in [-0.3, -0.25) is 4.79 Å². The van der Waals surface area contributed by atoms with E-state index in [1.54, 1.807) is 0 Å². The monoisotopic (exact) mass is 384 g/mol. The van der Waals surface area contributed by atoms with E-state index in [9.17, 15) is 17.6 Å². The van der Waals surface area contributed by atoms with E-state index < -0.39 is 21.9 Å². The molecule has 26 heavy (non-hydrogen) atoms. The number of hydrogen-bond donors (Lipinski definition) is 0. The van der Waals surface area contributed by atoms with Crippen molar-refractivity contribution < 1.29 is 22.3 Å². The Morgan fingerprint density at radius 2 is 1.88 bits per heavy atom. The third kappa shape index (κ3) is 3.25. The number of sulfonamides is 1. The first-order valence-electron chi connectivity index (χ1n) is 8.88. The summed E-state index contributed by atoms with van der Waals surface area (Å²) in [7, 11) is -2.16. The summed E-state index contributed by atoms with van der Waals surface area (Å²) < 4.78 is 45.6. The number of rotatable bonds is 5. The van der Waals surface area contributed by atoms with Crippen LogP contribution in [0.25, 0.3) is 0 Å². The average Bonchev–Trinajstić information content (AvgIpc) is 2.59. The van der Waals surface area contributed by atoms with E-state index >= 15 is 0 Å². The van der Waals surface area contributed by atoms with Crippen LogP contribution in [-0.2, 0) is 19.6 Å². The van der Waals surface area contributed by atoms with Crippen LogP contribution in [0.3, 0.4) is 0 Å². The van der Waals surface area contributed by atoms with Gasteiger partial charge in [0.15, 0.2) is 6.10 Å². The molecule has 0 radical (unpaired) electrons. The third-order valence-corrected chi connectivity index (χ3v) is 7.25. The molecule has 2 aliphatic heterocycles. The maximum absolute atomic E-state index is 13.4. The van der Waals surface area contributed by atoms with Crippen LogP contribution in [0.5, 0.6) is 0 Å². The van der Waals surface area contributed by atoms with Crippen molar-refractivity contribution in [1.29, 1.82) is 0 Å². The van der Waals surface area contributed by atoms with Gasteiger partial charge in [-0.1, -0.05) is 6.07 Å². The minimum absolute atomic E-state index is 0.00214. The van der Waals surface area contributed by atoms with Crippen LogP contribution in [0.1, 0.15) is 26.7 Å². The number of methoxy groups -OCH3 is 1. The molecule has 2 heterocycles. The lowest BCUT2D eigenvalue weighted by atomic mass is 9.79. The van der Waals surface area contributed by atoms with Crippen LogP contribution < -0.4 is 0 Å². The molecule has 8 heteroatoms. The maximum Gasteiger partial charge on any atom is 0.254 e. The van der Waals surface area contributed by atoms with E-state index in [1.807, 2.05) is 18.7 Å². The van der Waals surface area contributed by atoms with Gasteiger partial charge in [-0.25, -0.2) is 12.8 Å². The van der Waals surface area contributed by atoms with E-state index in [1.165, 1.54) is 29.6 Å². The molecule has 1 aromatic rings. The van der Waals surface area contributed by atoms with Gasteiger partial charge >= 0.3 is 0 Å². The van der Waals surface area contributed by atoms with Gasteiger partial charge in [-0.15, -0.1) is 0 Å². The quantitative estimate of drug-likeness (QED) is 0.727. The van der Waals surface area contributed by atoms with Crippen LogP contribution in [0.15, 0.2) is 29.2 Å². The molecule has 2 fully saturated rings. The second kappa shape index (κ2) is 7.25. The average molecular weight is 384 g/mol. The van der Waals surface area contributed by atoms with Crippen molar-refractivity contribution >= 4 is 15.9 Å². The van der Waals surface area contributed by atoms with Crippen LogP contribution in [0.4, 0.5) is 4.39 Å². The summed E-state index contributed by atoms with van der Waals surface area (Å²) in [5.41, 5.74) is 0. The number of ether oxygens (including phenoxy) is 1. The van der Waals surface area contributed by atoms with E-state index in [0.717, 1.165) is 6.07 Å². The van der Waals surface area contributed by atoms with E-state index in [4.69, 9.17) is 4.74 Å². The Balaban J connectivity index is 1.70. The fraction of sp³-hybridized carbons (Fsp3) is 0.611. The van der Waals surface area contributed by atoms with Gasteiger partial charge < -0.3 is 9.64 Å². The van der Waals surface area contributed by atoms with Gasteiger partial charge in [0, 0.05) is 26.2 Å². The smallest absolute Gasteiger partial charge is 0.254 e. The lowest BCUT2D eigenvalue weighted by molar-refractivity contribution is -0.181. The molecule has 1 amide bonds. The Morgan fingerprint density at radius 3 is 2.42 bits per heavy atom. The summed E-state index contributed by atoms with van der Waals surface area (Å²) in [6.07, 6.45) is 0.860. The molecule has 2 atom stereocenters. The molecule has 3 rings (SSSR count). The van der Waals surface area contributed by atoms with Crippen LogP contribution in [0, 0.1) is 11.7 Å². The molecule has 144 valence electrons. The molecule has 2 aliphatic rings. The Labute approximate surface area is 154 Å². The van der Waals surface area contributed by atoms with Crippen molar-refractivity contribution in [2.45, 2.75) is 49.8 Å². The summed E-state index contributed by atoms with van der Waals surface area (Å²) >= 11 is 0. The zero-order valence-corrected chi connectivity index (χ0v) is 16.1. The Kier molecular flexibility index (Phi) is 5.37.